The second kappa shape index (κ2) is 7.23. The Balaban J connectivity index is 1.53. The Kier molecular flexibility index (Phi) is 4.83. The molecule has 0 radical (unpaired) electrons. The van der Waals surface area contributed by atoms with Gasteiger partial charge in [0.05, 0.1) is 0 Å². The third-order valence-corrected chi connectivity index (χ3v) is 7.11. The quantitative estimate of drug-likeness (QED) is 0.584. The zero-order valence-electron chi connectivity index (χ0n) is 12.7. The lowest BCUT2D eigenvalue weighted by Gasteiger charge is -2.09. The molecular formula is C13H12N6O2S4. The maximum Gasteiger partial charge on any atom is 0.231 e. The first-order valence-corrected chi connectivity index (χ1v) is 10.6. The summed E-state index contributed by atoms with van der Waals surface area (Å²) in [5, 5.41) is 16.7. The van der Waals surface area contributed by atoms with Crippen molar-refractivity contribution in [2.45, 2.75) is 20.2 Å². The van der Waals surface area contributed by atoms with Crippen LogP contribution in [0.25, 0.3) is 0 Å². The van der Waals surface area contributed by atoms with E-state index in [1.54, 1.807) is 23.5 Å². The summed E-state index contributed by atoms with van der Waals surface area (Å²) >= 11 is 5.94. The highest BCUT2D eigenvalue weighted by Gasteiger charge is 2.18. The lowest BCUT2D eigenvalue weighted by atomic mass is 10.1. The molecule has 4 N–H and O–H groups in total. The molecule has 0 amide bonds. The first-order valence-electron chi connectivity index (χ1n) is 7.02. The summed E-state index contributed by atoms with van der Waals surface area (Å²) in [7, 11) is 0. The largest absolute Gasteiger partial charge is 0.454 e. The molecule has 0 fully saturated rings. The van der Waals surface area contributed by atoms with Crippen molar-refractivity contribution in [1.82, 2.24) is 20.4 Å². The first-order chi connectivity index (χ1) is 12.2. The minimum Gasteiger partial charge on any atom is -0.454 e. The lowest BCUT2D eigenvalue weighted by Crippen LogP contribution is -1.92. The summed E-state index contributed by atoms with van der Waals surface area (Å²) in [6.45, 7) is 0.248. The van der Waals surface area contributed by atoms with E-state index in [0.29, 0.717) is 10.3 Å². The summed E-state index contributed by atoms with van der Waals surface area (Å²) in [4.78, 5) is 0. The van der Waals surface area contributed by atoms with E-state index in [1.807, 2.05) is 12.1 Å². The summed E-state index contributed by atoms with van der Waals surface area (Å²) in [5.74, 6) is 3.00. The van der Waals surface area contributed by atoms with Crippen LogP contribution in [0.5, 0.6) is 11.5 Å². The topological polar surface area (TPSA) is 122 Å². The average molecular weight is 413 g/mol. The van der Waals surface area contributed by atoms with E-state index in [9.17, 15) is 0 Å². The number of aromatic nitrogens is 4. The third kappa shape index (κ3) is 3.92. The zero-order valence-corrected chi connectivity index (χ0v) is 15.9. The minimum atomic E-state index is 0.248. The van der Waals surface area contributed by atoms with Crippen molar-refractivity contribution in [2.24, 2.45) is 0 Å². The van der Waals surface area contributed by atoms with Crippen LogP contribution in [0.4, 0.5) is 10.3 Å². The van der Waals surface area contributed by atoms with Gasteiger partial charge in [-0.25, -0.2) is 0 Å². The second-order valence-electron chi connectivity index (χ2n) is 4.86. The Bertz CT molecular complexity index is 827. The van der Waals surface area contributed by atoms with E-state index in [-0.39, 0.29) is 6.79 Å². The standard InChI is InChI=1S/C13H12N6O2S4/c14-10-16-18-12(24-10)22-3-6-1-8-9(21-5-20-8)2-7(6)4-23-13-19-17-11(15)25-13/h1-2H,3-5H2,(H2,14,16)(H2,15,17). The van der Waals surface area contributed by atoms with Crippen molar-refractivity contribution >= 4 is 56.5 Å². The molecule has 0 bridgehead atoms. The normalized spacial score (nSPS) is 12.6. The Labute approximate surface area is 159 Å². The highest BCUT2D eigenvalue weighted by Crippen LogP contribution is 2.39. The molecule has 3 heterocycles. The van der Waals surface area contributed by atoms with Crippen LogP contribution in [0.3, 0.4) is 0 Å². The van der Waals surface area contributed by atoms with Gasteiger partial charge in [-0.1, -0.05) is 46.2 Å². The Hall–Kier alpha value is -1.76. The number of nitrogen functional groups attached to an aromatic ring is 2. The molecule has 25 heavy (non-hydrogen) atoms. The van der Waals surface area contributed by atoms with Crippen LogP contribution in [-0.4, -0.2) is 27.2 Å². The van der Waals surface area contributed by atoms with E-state index >= 15 is 0 Å². The highest BCUT2D eigenvalue weighted by atomic mass is 32.2. The van der Waals surface area contributed by atoms with Crippen molar-refractivity contribution in [3.63, 3.8) is 0 Å². The fourth-order valence-electron chi connectivity index (χ4n) is 2.13. The Morgan fingerprint density at radius 3 is 1.72 bits per heavy atom. The van der Waals surface area contributed by atoms with Crippen LogP contribution < -0.4 is 20.9 Å². The number of hydrogen-bond acceptors (Lipinski definition) is 12. The van der Waals surface area contributed by atoms with Gasteiger partial charge in [-0.05, 0) is 23.3 Å². The number of nitrogens with two attached hydrogens (primary N) is 2. The van der Waals surface area contributed by atoms with Gasteiger partial charge in [0.25, 0.3) is 0 Å². The minimum absolute atomic E-state index is 0.248. The number of anilines is 2. The van der Waals surface area contributed by atoms with Gasteiger partial charge in [0.1, 0.15) is 0 Å². The molecule has 0 unspecified atom stereocenters. The average Bonchev–Trinajstić information content (AvgIpc) is 3.31. The summed E-state index contributed by atoms with van der Waals surface area (Å²) < 4.78 is 12.7. The van der Waals surface area contributed by atoms with Crippen LogP contribution in [0.15, 0.2) is 20.8 Å². The van der Waals surface area contributed by atoms with Crippen molar-refractivity contribution in [2.75, 3.05) is 18.3 Å². The van der Waals surface area contributed by atoms with Gasteiger partial charge in [0.2, 0.25) is 17.1 Å². The molecule has 1 aliphatic heterocycles. The van der Waals surface area contributed by atoms with Gasteiger partial charge in [-0.3, -0.25) is 0 Å². The fraction of sp³-hybridized carbons (Fsp3) is 0.231. The van der Waals surface area contributed by atoms with Crippen LogP contribution in [0, 0.1) is 0 Å². The highest BCUT2D eigenvalue weighted by molar-refractivity contribution is 8.00. The van der Waals surface area contributed by atoms with E-state index in [1.165, 1.54) is 22.7 Å². The van der Waals surface area contributed by atoms with Crippen molar-refractivity contribution in [3.8, 4) is 11.5 Å². The molecule has 8 nitrogen and oxygen atoms in total. The molecule has 2 aromatic heterocycles. The number of fused-ring (bicyclic) bond motifs is 1. The predicted octanol–water partition coefficient (Wildman–Crippen LogP) is 2.87. The maximum atomic E-state index is 5.64. The van der Waals surface area contributed by atoms with E-state index in [4.69, 9.17) is 20.9 Å². The number of thioether (sulfide) groups is 2. The third-order valence-electron chi connectivity index (χ3n) is 3.24. The van der Waals surface area contributed by atoms with Crippen molar-refractivity contribution < 1.29 is 9.47 Å². The molecule has 0 spiro atoms. The molecule has 1 aromatic carbocycles. The van der Waals surface area contributed by atoms with Gasteiger partial charge < -0.3 is 20.9 Å². The Morgan fingerprint density at radius 1 is 0.840 bits per heavy atom. The molecular weight excluding hydrogens is 400 g/mol. The van der Waals surface area contributed by atoms with Gasteiger partial charge in [-0.15, -0.1) is 20.4 Å². The van der Waals surface area contributed by atoms with E-state index in [0.717, 1.165) is 42.8 Å². The molecule has 0 aliphatic carbocycles. The van der Waals surface area contributed by atoms with Crippen LogP contribution >= 0.6 is 46.2 Å². The van der Waals surface area contributed by atoms with Gasteiger partial charge >= 0.3 is 0 Å². The van der Waals surface area contributed by atoms with Gasteiger partial charge in [-0.2, -0.15) is 0 Å². The predicted molar refractivity (Wildman–Crippen MR) is 100 cm³/mol. The zero-order chi connectivity index (χ0) is 17.2. The number of ether oxygens (including phenoxy) is 2. The molecule has 0 saturated carbocycles. The van der Waals surface area contributed by atoms with Crippen molar-refractivity contribution in [3.05, 3.63) is 23.3 Å². The first kappa shape index (κ1) is 16.7. The monoisotopic (exact) mass is 412 g/mol. The van der Waals surface area contributed by atoms with Gasteiger partial charge in [0, 0.05) is 11.5 Å². The Morgan fingerprint density at radius 2 is 1.32 bits per heavy atom. The summed E-state index contributed by atoms with van der Waals surface area (Å²) in [6.07, 6.45) is 0. The van der Waals surface area contributed by atoms with E-state index < -0.39 is 0 Å². The van der Waals surface area contributed by atoms with Crippen LogP contribution in [0.2, 0.25) is 0 Å². The summed E-state index contributed by atoms with van der Waals surface area (Å²) in [5.41, 5.74) is 13.6. The summed E-state index contributed by atoms with van der Waals surface area (Å²) in [6, 6.07) is 4.04. The lowest BCUT2D eigenvalue weighted by molar-refractivity contribution is 0.174. The second-order valence-corrected chi connectivity index (χ2v) is 9.33. The molecule has 1 aliphatic rings. The number of nitrogens with zero attached hydrogens (tertiary/aromatic N) is 4. The SMILES string of the molecule is Nc1nnc(SCc2cc3c(cc2CSc2nnc(N)s2)OCO3)s1. The smallest absolute Gasteiger partial charge is 0.231 e. The van der Waals surface area contributed by atoms with Gasteiger partial charge in [0.15, 0.2) is 20.2 Å². The maximum absolute atomic E-state index is 5.64. The molecule has 12 heteroatoms. The number of rotatable bonds is 6. The molecule has 0 atom stereocenters. The number of benzene rings is 1. The van der Waals surface area contributed by atoms with Crippen LogP contribution in [0.1, 0.15) is 11.1 Å². The van der Waals surface area contributed by atoms with Crippen LogP contribution in [-0.2, 0) is 11.5 Å². The number of hydrogen-bond donors (Lipinski definition) is 2. The molecule has 0 saturated heterocycles. The molecule has 4 rings (SSSR count). The van der Waals surface area contributed by atoms with E-state index in [2.05, 4.69) is 20.4 Å². The molecule has 3 aromatic rings. The fourth-order valence-corrected chi connectivity index (χ4v) is 5.45. The molecule has 130 valence electrons. The van der Waals surface area contributed by atoms with Crippen molar-refractivity contribution in [1.29, 1.82) is 0 Å².